The van der Waals surface area contributed by atoms with E-state index in [4.69, 9.17) is 9.15 Å². The van der Waals surface area contributed by atoms with Crippen molar-refractivity contribution in [3.8, 4) is 11.9 Å². The van der Waals surface area contributed by atoms with Crippen molar-refractivity contribution in [3.63, 3.8) is 0 Å². The SMILES string of the molecule is COc1cccc2c1CN(C(=O)CN1CCCCC(N=C(NC#N)Nc3ccc4oc(C)cc4c3)C1=O)CC2. The van der Waals surface area contributed by atoms with Crippen molar-refractivity contribution in [1.29, 1.82) is 5.26 Å². The third-order valence-electron chi connectivity index (χ3n) is 7.24. The maximum Gasteiger partial charge on any atom is 0.247 e. The highest BCUT2D eigenvalue weighted by Crippen LogP contribution is 2.28. The number of guanidine groups is 1. The number of benzene rings is 2. The molecule has 1 fully saturated rings. The van der Waals surface area contributed by atoms with Gasteiger partial charge >= 0.3 is 0 Å². The smallest absolute Gasteiger partial charge is 0.247 e. The molecule has 2 aliphatic heterocycles. The van der Waals surface area contributed by atoms with Gasteiger partial charge in [0.1, 0.15) is 23.1 Å². The van der Waals surface area contributed by atoms with Crippen molar-refractivity contribution in [1.82, 2.24) is 15.1 Å². The number of fused-ring (bicyclic) bond motifs is 2. The fourth-order valence-electron chi connectivity index (χ4n) is 5.27. The number of hydrogen-bond donors (Lipinski definition) is 2. The lowest BCUT2D eigenvalue weighted by molar-refractivity contribution is -0.141. The number of rotatable bonds is 5. The number of nitriles is 1. The summed E-state index contributed by atoms with van der Waals surface area (Å²) in [6.07, 6.45) is 4.76. The van der Waals surface area contributed by atoms with E-state index in [9.17, 15) is 14.9 Å². The predicted molar refractivity (Wildman–Crippen MR) is 147 cm³/mol. The van der Waals surface area contributed by atoms with Gasteiger partial charge in [-0.25, -0.2) is 4.99 Å². The molecule has 3 heterocycles. The molecule has 2 N–H and O–H groups in total. The summed E-state index contributed by atoms with van der Waals surface area (Å²) in [6, 6.07) is 12.7. The van der Waals surface area contributed by atoms with Crippen LogP contribution in [0.25, 0.3) is 11.0 Å². The zero-order chi connectivity index (χ0) is 27.4. The molecular formula is C29H32N6O4. The van der Waals surface area contributed by atoms with Crippen LogP contribution in [0.4, 0.5) is 5.69 Å². The van der Waals surface area contributed by atoms with E-state index in [1.54, 1.807) is 16.9 Å². The molecular weight excluding hydrogens is 496 g/mol. The van der Waals surface area contributed by atoms with E-state index in [0.717, 1.165) is 47.3 Å². The first-order chi connectivity index (χ1) is 18.9. The second kappa shape index (κ2) is 11.5. The number of amides is 2. The summed E-state index contributed by atoms with van der Waals surface area (Å²) in [4.78, 5) is 34.8. The fraction of sp³-hybridized carbons (Fsp3) is 0.379. The first kappa shape index (κ1) is 26.1. The van der Waals surface area contributed by atoms with Crippen LogP contribution < -0.4 is 15.4 Å². The highest BCUT2D eigenvalue weighted by molar-refractivity contribution is 5.98. The molecule has 10 nitrogen and oxygen atoms in total. The average molecular weight is 529 g/mol. The Kier molecular flexibility index (Phi) is 7.68. The molecule has 202 valence electrons. The molecule has 1 unspecified atom stereocenters. The van der Waals surface area contributed by atoms with Crippen molar-refractivity contribution in [2.75, 3.05) is 32.1 Å². The monoisotopic (exact) mass is 528 g/mol. The first-order valence-electron chi connectivity index (χ1n) is 13.2. The maximum atomic E-state index is 13.5. The summed E-state index contributed by atoms with van der Waals surface area (Å²) in [5, 5.41) is 15.9. The second-order valence-corrected chi connectivity index (χ2v) is 9.88. The quantitative estimate of drug-likeness (QED) is 0.225. The molecule has 0 bridgehead atoms. The number of likely N-dealkylation sites (tertiary alicyclic amines) is 1. The molecule has 1 atom stereocenters. The summed E-state index contributed by atoms with van der Waals surface area (Å²) in [7, 11) is 1.63. The third kappa shape index (κ3) is 5.82. The first-order valence-corrected chi connectivity index (χ1v) is 13.2. The number of carbonyl (C=O) groups excluding carboxylic acids is 2. The minimum atomic E-state index is -0.703. The van der Waals surface area contributed by atoms with Crippen molar-refractivity contribution in [3.05, 3.63) is 59.4 Å². The van der Waals surface area contributed by atoms with Gasteiger partial charge in [0.2, 0.25) is 17.8 Å². The number of furan rings is 1. The summed E-state index contributed by atoms with van der Waals surface area (Å²) < 4.78 is 11.1. The number of carbonyl (C=O) groups is 2. The zero-order valence-electron chi connectivity index (χ0n) is 22.2. The molecule has 10 heteroatoms. The molecule has 2 amide bonds. The number of hydrogen-bond acceptors (Lipinski definition) is 6. The maximum absolute atomic E-state index is 13.5. The van der Waals surface area contributed by atoms with E-state index in [1.165, 1.54) is 5.56 Å². The van der Waals surface area contributed by atoms with Crippen LogP contribution in [-0.2, 0) is 22.6 Å². The highest BCUT2D eigenvalue weighted by Gasteiger charge is 2.31. The van der Waals surface area contributed by atoms with Gasteiger partial charge in [-0.1, -0.05) is 12.1 Å². The number of anilines is 1. The molecule has 1 saturated heterocycles. The van der Waals surface area contributed by atoms with Gasteiger partial charge in [-0.15, -0.1) is 0 Å². The Labute approximate surface area is 227 Å². The van der Waals surface area contributed by atoms with Gasteiger partial charge in [-0.2, -0.15) is 5.26 Å². The number of ether oxygens (including phenoxy) is 1. The topological polar surface area (TPSA) is 123 Å². The zero-order valence-corrected chi connectivity index (χ0v) is 22.2. The largest absolute Gasteiger partial charge is 0.496 e. The Balaban J connectivity index is 1.29. The molecule has 3 aromatic rings. The molecule has 0 aliphatic carbocycles. The van der Waals surface area contributed by atoms with Crippen LogP contribution in [0.5, 0.6) is 5.75 Å². The van der Waals surface area contributed by atoms with Crippen LogP contribution in [0.2, 0.25) is 0 Å². The molecule has 0 saturated carbocycles. The number of aryl methyl sites for hydroxylation is 1. The lowest BCUT2D eigenvalue weighted by atomic mass is 9.98. The van der Waals surface area contributed by atoms with Crippen LogP contribution in [0.1, 0.15) is 36.1 Å². The Morgan fingerprint density at radius 3 is 2.92 bits per heavy atom. The van der Waals surface area contributed by atoms with Crippen LogP contribution in [0.3, 0.4) is 0 Å². The summed E-state index contributed by atoms with van der Waals surface area (Å²) in [5.41, 5.74) is 3.68. The van der Waals surface area contributed by atoms with E-state index in [0.29, 0.717) is 31.7 Å². The highest BCUT2D eigenvalue weighted by atomic mass is 16.5. The lowest BCUT2D eigenvalue weighted by Gasteiger charge is -2.32. The minimum Gasteiger partial charge on any atom is -0.496 e. The number of aliphatic imine (C=N–C) groups is 1. The molecule has 2 aromatic carbocycles. The molecule has 1 aromatic heterocycles. The van der Waals surface area contributed by atoms with E-state index >= 15 is 0 Å². The normalized spacial score (nSPS) is 17.8. The molecule has 2 aliphatic rings. The van der Waals surface area contributed by atoms with Gasteiger partial charge in [0.15, 0.2) is 6.19 Å². The van der Waals surface area contributed by atoms with Gasteiger partial charge in [0.25, 0.3) is 0 Å². The van der Waals surface area contributed by atoms with Crippen LogP contribution in [0, 0.1) is 18.4 Å². The standard InChI is InChI=1S/C29H32N6O4/c1-19-14-21-15-22(9-10-25(21)39-19)32-29(31-18-30)33-24-7-3-4-12-35(28(24)37)17-27(36)34-13-11-20-6-5-8-26(38-2)23(20)16-34/h5-6,8-10,14-15,24H,3-4,7,11-13,16-17H2,1-2H3,(H2,31,32,33). The van der Waals surface area contributed by atoms with Crippen LogP contribution >= 0.6 is 0 Å². The Morgan fingerprint density at radius 1 is 1.23 bits per heavy atom. The predicted octanol–water partition coefficient (Wildman–Crippen LogP) is 3.55. The van der Waals surface area contributed by atoms with Crippen LogP contribution in [-0.4, -0.2) is 60.4 Å². The molecule has 0 radical (unpaired) electrons. The van der Waals surface area contributed by atoms with Crippen molar-refractivity contribution in [2.45, 2.75) is 45.2 Å². The second-order valence-electron chi connectivity index (χ2n) is 9.88. The minimum absolute atomic E-state index is 0.000282. The summed E-state index contributed by atoms with van der Waals surface area (Å²) in [5.74, 6) is 1.45. The molecule has 5 rings (SSSR count). The van der Waals surface area contributed by atoms with Crippen molar-refractivity contribution in [2.24, 2.45) is 4.99 Å². The summed E-state index contributed by atoms with van der Waals surface area (Å²) in [6.45, 7) is 3.44. The number of nitrogens with one attached hydrogen (secondary N) is 2. The van der Waals surface area contributed by atoms with Gasteiger partial charge in [-0.3, -0.25) is 14.9 Å². The average Bonchev–Trinajstić information content (AvgIpc) is 3.23. The van der Waals surface area contributed by atoms with E-state index < -0.39 is 6.04 Å². The summed E-state index contributed by atoms with van der Waals surface area (Å²) >= 11 is 0. The molecule has 39 heavy (non-hydrogen) atoms. The van der Waals surface area contributed by atoms with E-state index in [1.807, 2.05) is 49.5 Å². The Morgan fingerprint density at radius 2 is 2.10 bits per heavy atom. The third-order valence-corrected chi connectivity index (χ3v) is 7.24. The Hall–Kier alpha value is -4.52. The van der Waals surface area contributed by atoms with Gasteiger partial charge in [0.05, 0.1) is 13.7 Å². The van der Waals surface area contributed by atoms with Gasteiger partial charge < -0.3 is 24.3 Å². The molecule has 0 spiro atoms. The Bertz CT molecular complexity index is 1440. The van der Waals surface area contributed by atoms with E-state index in [-0.39, 0.29) is 24.3 Å². The van der Waals surface area contributed by atoms with Gasteiger partial charge in [0, 0.05) is 36.3 Å². The van der Waals surface area contributed by atoms with Crippen LogP contribution in [0.15, 0.2) is 51.9 Å². The van der Waals surface area contributed by atoms with E-state index in [2.05, 4.69) is 21.7 Å². The number of nitrogens with zero attached hydrogens (tertiary/aromatic N) is 4. The number of methoxy groups -OCH3 is 1. The van der Waals surface area contributed by atoms with Crippen molar-refractivity contribution >= 4 is 34.4 Å². The fourth-order valence-corrected chi connectivity index (χ4v) is 5.27. The van der Waals surface area contributed by atoms with Crippen molar-refractivity contribution < 1.29 is 18.7 Å². The lowest BCUT2D eigenvalue weighted by Crippen LogP contribution is -2.47. The van der Waals surface area contributed by atoms with Gasteiger partial charge in [-0.05, 0) is 68.5 Å².